The quantitative estimate of drug-likeness (QED) is 0.109. The summed E-state index contributed by atoms with van der Waals surface area (Å²) in [5.41, 5.74) is 0.0716. The lowest BCUT2D eigenvalue weighted by atomic mass is 9.99. The van der Waals surface area contributed by atoms with Crippen LogP contribution >= 0.6 is 19.2 Å². The first-order valence-corrected chi connectivity index (χ1v) is 19.1. The molecular formula is C32H50ClN6O13P. The molecular weight excluding hydrogens is 743 g/mol. The second-order valence-corrected chi connectivity index (χ2v) is 17.7. The first-order valence-electron chi connectivity index (χ1n) is 17.0. The number of nitrogens with zero attached hydrogens (tertiary/aromatic N) is 5. The van der Waals surface area contributed by atoms with E-state index in [9.17, 15) is 24.1 Å². The third kappa shape index (κ3) is 12.6. The van der Waals surface area contributed by atoms with E-state index in [2.05, 4.69) is 20.3 Å². The lowest BCUT2D eigenvalue weighted by Crippen LogP contribution is -2.38. The van der Waals surface area contributed by atoms with Crippen LogP contribution in [0.25, 0.3) is 11.2 Å². The van der Waals surface area contributed by atoms with Gasteiger partial charge in [0, 0.05) is 26.1 Å². The van der Waals surface area contributed by atoms with Gasteiger partial charge in [0.1, 0.15) is 12.3 Å². The van der Waals surface area contributed by atoms with Crippen LogP contribution < -0.4 is 5.32 Å². The summed E-state index contributed by atoms with van der Waals surface area (Å²) in [4.78, 5) is 51.8. The molecule has 0 aliphatic carbocycles. The van der Waals surface area contributed by atoms with Crippen molar-refractivity contribution in [2.24, 2.45) is 16.7 Å². The Kier molecular flexibility index (Phi) is 14.3. The van der Waals surface area contributed by atoms with Crippen LogP contribution in [0.1, 0.15) is 61.1 Å². The molecule has 0 radical (unpaired) electrons. The van der Waals surface area contributed by atoms with Gasteiger partial charge < -0.3 is 43.7 Å². The van der Waals surface area contributed by atoms with E-state index < -0.39 is 69.9 Å². The van der Waals surface area contributed by atoms with Crippen LogP contribution in [0.4, 0.5) is 15.4 Å². The number of nitrogens with one attached hydrogen (secondary N) is 1. The molecule has 19 nitrogen and oxygen atoms in total. The molecule has 2 aromatic rings. The van der Waals surface area contributed by atoms with Crippen molar-refractivity contribution in [3.8, 4) is 0 Å². The van der Waals surface area contributed by atoms with Gasteiger partial charge in [0.05, 0.1) is 38.3 Å². The normalized spacial score (nSPS) is 22.1. The van der Waals surface area contributed by atoms with Crippen LogP contribution in [0.15, 0.2) is 6.33 Å². The zero-order valence-electron chi connectivity index (χ0n) is 31.2. The Labute approximate surface area is 312 Å². The minimum Gasteiger partial charge on any atom is -0.434 e. The second kappa shape index (κ2) is 17.9. The van der Waals surface area contributed by atoms with Gasteiger partial charge in [-0.05, 0) is 28.9 Å². The number of aromatic nitrogens is 4. The topological polar surface area (TPSA) is 221 Å². The highest BCUT2D eigenvalue weighted by Crippen LogP contribution is 2.48. The van der Waals surface area contributed by atoms with Gasteiger partial charge in [-0.3, -0.25) is 23.0 Å². The molecule has 2 saturated heterocycles. The first kappa shape index (κ1) is 42.4. The minimum atomic E-state index is -4.42. The number of aliphatic hydroxyl groups is 1. The number of ether oxygens (including phenoxy) is 6. The van der Waals surface area contributed by atoms with Gasteiger partial charge in [-0.1, -0.05) is 48.5 Å². The van der Waals surface area contributed by atoms with Crippen LogP contribution in [0.3, 0.4) is 0 Å². The molecule has 0 saturated carbocycles. The molecule has 1 amide bonds. The molecule has 4 rings (SSSR count). The van der Waals surface area contributed by atoms with Crippen LogP contribution in [0.2, 0.25) is 5.28 Å². The minimum absolute atomic E-state index is 0.0242. The maximum atomic E-state index is 13.7. The van der Waals surface area contributed by atoms with Crippen molar-refractivity contribution < 1.29 is 61.5 Å². The molecule has 2 N–H and O–H groups in total. The summed E-state index contributed by atoms with van der Waals surface area (Å²) in [5, 5.41) is 14.5. The van der Waals surface area contributed by atoms with Crippen molar-refractivity contribution in [1.82, 2.24) is 24.4 Å². The number of halogens is 1. The number of carbonyl (C=O) groups is 3. The van der Waals surface area contributed by atoms with E-state index in [-0.39, 0.29) is 41.9 Å². The fourth-order valence-electron chi connectivity index (χ4n) is 5.05. The third-order valence-corrected chi connectivity index (χ3v) is 9.80. The molecule has 2 aromatic heterocycles. The summed E-state index contributed by atoms with van der Waals surface area (Å²) >= 11 is 6.26. The Morgan fingerprint density at radius 2 is 1.64 bits per heavy atom. The summed E-state index contributed by atoms with van der Waals surface area (Å²) in [7, 11) is -2.98. The Morgan fingerprint density at radius 1 is 1.04 bits per heavy atom. The van der Waals surface area contributed by atoms with Crippen molar-refractivity contribution >= 4 is 54.4 Å². The molecule has 298 valence electrons. The monoisotopic (exact) mass is 792 g/mol. The Bertz CT molecular complexity index is 1590. The number of fused-ring (bicyclic) bond motifs is 1. The molecule has 0 unspecified atom stereocenters. The van der Waals surface area contributed by atoms with E-state index in [4.69, 9.17) is 49.1 Å². The van der Waals surface area contributed by atoms with Gasteiger partial charge in [0.2, 0.25) is 24.8 Å². The summed E-state index contributed by atoms with van der Waals surface area (Å²) in [5.74, 6) is -0.783. The summed E-state index contributed by atoms with van der Waals surface area (Å²) in [6.07, 6.45) is -3.45. The van der Waals surface area contributed by atoms with Crippen LogP contribution in [-0.2, 0) is 46.8 Å². The van der Waals surface area contributed by atoms with Gasteiger partial charge in [-0.15, -0.1) is 0 Å². The number of likely N-dealkylation sites (N-methyl/N-ethyl adjacent to an activating group) is 1. The van der Waals surface area contributed by atoms with Gasteiger partial charge >= 0.3 is 19.9 Å². The third-order valence-electron chi connectivity index (χ3n) is 7.98. The Balaban J connectivity index is 1.39. The van der Waals surface area contributed by atoms with E-state index in [1.165, 1.54) is 18.3 Å². The van der Waals surface area contributed by atoms with Crippen LogP contribution in [0, 0.1) is 16.7 Å². The van der Waals surface area contributed by atoms with E-state index in [0.29, 0.717) is 30.2 Å². The Hall–Kier alpha value is -3.32. The first-order chi connectivity index (χ1) is 24.7. The van der Waals surface area contributed by atoms with Crippen LogP contribution in [-0.4, -0.2) is 126 Å². The fourth-order valence-corrected chi connectivity index (χ4v) is 6.47. The number of rotatable bonds is 15. The highest BCUT2D eigenvalue weighted by atomic mass is 35.5. The van der Waals surface area contributed by atoms with Crippen molar-refractivity contribution in [1.29, 1.82) is 0 Å². The molecule has 2 aliphatic rings. The number of anilines is 1. The predicted molar refractivity (Wildman–Crippen MR) is 188 cm³/mol. The number of carbonyl (C=O) groups excluding carboxylic acids is 3. The SMILES string of the molecule is C[C@H]1[C@@H](O)[C@H](n2cnc3c(N[C@H]4CCOC4)nc(Cl)nc32)O[C@@H]1CN(C)C(=O)CP(=O)(OCOC(=O)OCC(C)(C)C)OCOC(=O)OCC(C)(C)C. The fraction of sp³-hybridized carbons (Fsp3) is 0.750. The summed E-state index contributed by atoms with van der Waals surface area (Å²) in [6.45, 7) is 12.2. The van der Waals surface area contributed by atoms with E-state index in [1.807, 2.05) is 41.5 Å². The van der Waals surface area contributed by atoms with Crippen molar-refractivity contribution in [3.05, 3.63) is 11.6 Å². The average molecular weight is 793 g/mol. The molecule has 21 heteroatoms. The zero-order chi connectivity index (χ0) is 39.1. The molecule has 4 heterocycles. The number of imidazole rings is 1. The van der Waals surface area contributed by atoms with Gasteiger partial charge in [-0.2, -0.15) is 9.97 Å². The van der Waals surface area contributed by atoms with E-state index in [0.717, 1.165) is 6.42 Å². The summed E-state index contributed by atoms with van der Waals surface area (Å²) < 4.78 is 57.1. The van der Waals surface area contributed by atoms with Gasteiger partial charge in [-0.25, -0.2) is 14.6 Å². The molecule has 5 atom stereocenters. The number of hydrogen-bond donors (Lipinski definition) is 2. The zero-order valence-corrected chi connectivity index (χ0v) is 32.9. The maximum Gasteiger partial charge on any atom is 0.510 e. The lowest BCUT2D eigenvalue weighted by Gasteiger charge is -2.25. The average Bonchev–Trinajstić information content (AvgIpc) is 3.79. The van der Waals surface area contributed by atoms with E-state index >= 15 is 0 Å². The lowest BCUT2D eigenvalue weighted by molar-refractivity contribution is -0.130. The molecule has 2 aliphatic heterocycles. The predicted octanol–water partition coefficient (Wildman–Crippen LogP) is 4.57. The summed E-state index contributed by atoms with van der Waals surface area (Å²) in [6, 6.07) is 0.0242. The molecule has 0 spiro atoms. The van der Waals surface area contributed by atoms with Crippen molar-refractivity contribution in [3.63, 3.8) is 0 Å². The highest BCUT2D eigenvalue weighted by Gasteiger charge is 2.44. The molecule has 0 aromatic carbocycles. The number of amides is 1. The maximum absolute atomic E-state index is 13.7. The van der Waals surface area contributed by atoms with Gasteiger partial charge in [0.25, 0.3) is 0 Å². The second-order valence-electron chi connectivity index (χ2n) is 15.3. The standard InChI is InChI=1S/C32H50ClN6O13P/c1-19-21(52-27(24(19)41)39-16-34-23-25(35-20-9-10-45-12-20)36-28(33)37-26(23)39)11-38(8)22(40)13-53(44,50-17-48-29(42)46-14-31(2,3)4)51-18-49-30(43)47-15-32(5,6)7/h16,19-21,24,27,41H,9-15,17-18H2,1-8H3,(H,35,36,37)/t19-,20+,21-,24-,27-/m1/s1. The van der Waals surface area contributed by atoms with Crippen LogP contribution in [0.5, 0.6) is 0 Å². The number of hydrogen-bond acceptors (Lipinski definition) is 17. The molecule has 2 fully saturated rings. The van der Waals surface area contributed by atoms with Crippen molar-refractivity contribution in [2.45, 2.75) is 79.4 Å². The Morgan fingerprint density at radius 3 is 2.19 bits per heavy atom. The van der Waals surface area contributed by atoms with Gasteiger partial charge in [0.15, 0.2) is 23.2 Å². The van der Waals surface area contributed by atoms with E-state index in [1.54, 1.807) is 11.5 Å². The smallest absolute Gasteiger partial charge is 0.434 e. The highest BCUT2D eigenvalue weighted by molar-refractivity contribution is 7.54. The largest absolute Gasteiger partial charge is 0.510 e. The van der Waals surface area contributed by atoms with Crippen molar-refractivity contribution in [2.75, 3.05) is 65.1 Å². The molecule has 0 bridgehead atoms. The molecule has 53 heavy (non-hydrogen) atoms. The number of aliphatic hydroxyl groups excluding tert-OH is 1.